The van der Waals surface area contributed by atoms with Crippen LogP contribution in [0.2, 0.25) is 0 Å². The minimum Gasteiger partial charge on any atom is -0.294 e. The molecule has 0 aromatic heterocycles. The van der Waals surface area contributed by atoms with Crippen LogP contribution in [0.25, 0.3) is 0 Å². The molecule has 1 rings (SSSR count). The fourth-order valence-electron chi connectivity index (χ4n) is 0.544. The highest BCUT2D eigenvalue weighted by Gasteiger charge is 2.07. The van der Waals surface area contributed by atoms with Gasteiger partial charge in [0.25, 0.3) is 0 Å². The van der Waals surface area contributed by atoms with Crippen LogP contribution in [0, 0.1) is 12.3 Å². The highest BCUT2D eigenvalue weighted by molar-refractivity contribution is 8.14. The van der Waals surface area contributed by atoms with E-state index < -0.39 is 5.91 Å². The SMILES string of the molecule is C#CC(=O)NC1=NCCS1. The molecule has 0 radical (unpaired) electrons. The zero-order valence-electron chi connectivity index (χ0n) is 5.26. The topological polar surface area (TPSA) is 41.5 Å². The molecule has 1 N–H and O–H groups in total. The van der Waals surface area contributed by atoms with Crippen LogP contribution in [0.15, 0.2) is 4.99 Å². The standard InChI is InChI=1S/C6H6N2OS/c1-2-5(9)8-6-7-3-4-10-6/h1H,3-4H2,(H,7,8,9). The number of thioether (sulfide) groups is 1. The van der Waals surface area contributed by atoms with Crippen LogP contribution in [0.1, 0.15) is 0 Å². The molecule has 0 aromatic rings. The monoisotopic (exact) mass is 154 g/mol. The van der Waals surface area contributed by atoms with Crippen molar-refractivity contribution in [3.63, 3.8) is 0 Å². The summed E-state index contributed by atoms with van der Waals surface area (Å²) in [5, 5.41) is 3.11. The number of hydrogen-bond donors (Lipinski definition) is 1. The molecule has 52 valence electrons. The summed E-state index contributed by atoms with van der Waals surface area (Å²) in [7, 11) is 0. The second kappa shape index (κ2) is 3.28. The summed E-state index contributed by atoms with van der Waals surface area (Å²) >= 11 is 1.51. The summed E-state index contributed by atoms with van der Waals surface area (Å²) in [6, 6.07) is 0. The van der Waals surface area contributed by atoms with E-state index in [1.807, 2.05) is 5.92 Å². The van der Waals surface area contributed by atoms with Gasteiger partial charge in [0.1, 0.15) is 0 Å². The number of terminal acetylenes is 1. The van der Waals surface area contributed by atoms with Crippen molar-refractivity contribution in [3.05, 3.63) is 0 Å². The summed E-state index contributed by atoms with van der Waals surface area (Å²) in [6.45, 7) is 0.769. The van der Waals surface area contributed by atoms with Crippen LogP contribution in [0.3, 0.4) is 0 Å². The van der Waals surface area contributed by atoms with Crippen molar-refractivity contribution in [3.8, 4) is 12.3 Å². The van der Waals surface area contributed by atoms with Crippen molar-refractivity contribution in [1.82, 2.24) is 5.32 Å². The highest BCUT2D eigenvalue weighted by Crippen LogP contribution is 2.08. The average molecular weight is 154 g/mol. The number of aliphatic imine (C=N–C) groups is 1. The molecule has 1 amide bonds. The van der Waals surface area contributed by atoms with E-state index in [0.717, 1.165) is 12.3 Å². The van der Waals surface area contributed by atoms with Crippen LogP contribution in [-0.4, -0.2) is 23.4 Å². The summed E-state index contributed by atoms with van der Waals surface area (Å²) in [4.78, 5) is 14.5. The van der Waals surface area contributed by atoms with Crippen molar-refractivity contribution in [1.29, 1.82) is 0 Å². The Kier molecular flexibility index (Phi) is 2.35. The van der Waals surface area contributed by atoms with Gasteiger partial charge in [-0.1, -0.05) is 11.8 Å². The number of hydrogen-bond acceptors (Lipinski definition) is 3. The van der Waals surface area contributed by atoms with E-state index in [1.54, 1.807) is 0 Å². The quantitative estimate of drug-likeness (QED) is 0.492. The van der Waals surface area contributed by atoms with Gasteiger partial charge >= 0.3 is 5.91 Å². The number of rotatable bonds is 0. The van der Waals surface area contributed by atoms with E-state index in [1.165, 1.54) is 11.8 Å². The smallest absolute Gasteiger partial charge is 0.294 e. The lowest BCUT2D eigenvalue weighted by Gasteiger charge is -1.95. The maximum Gasteiger partial charge on any atom is 0.301 e. The molecular formula is C6H6N2OS. The van der Waals surface area contributed by atoms with Gasteiger partial charge < -0.3 is 0 Å². The molecule has 0 saturated carbocycles. The Hall–Kier alpha value is -0.950. The van der Waals surface area contributed by atoms with Crippen molar-refractivity contribution in [2.24, 2.45) is 4.99 Å². The van der Waals surface area contributed by atoms with E-state index >= 15 is 0 Å². The molecule has 0 unspecified atom stereocenters. The minimum absolute atomic E-state index is 0.423. The van der Waals surface area contributed by atoms with Gasteiger partial charge in [-0.05, 0) is 5.92 Å². The predicted molar refractivity (Wildman–Crippen MR) is 41.7 cm³/mol. The van der Waals surface area contributed by atoms with E-state index in [2.05, 4.69) is 10.3 Å². The number of amides is 1. The average Bonchev–Trinajstić information content (AvgIpc) is 2.40. The summed E-state index contributed by atoms with van der Waals surface area (Å²) < 4.78 is 0. The van der Waals surface area contributed by atoms with Gasteiger partial charge in [0.15, 0.2) is 5.17 Å². The molecule has 4 heteroatoms. The molecule has 0 saturated heterocycles. The third kappa shape index (κ3) is 1.78. The molecule has 0 fully saturated rings. The lowest BCUT2D eigenvalue weighted by atomic mass is 10.6. The minimum atomic E-state index is -0.423. The van der Waals surface area contributed by atoms with Crippen LogP contribution >= 0.6 is 11.8 Å². The van der Waals surface area contributed by atoms with E-state index in [4.69, 9.17) is 6.42 Å². The maximum atomic E-state index is 10.5. The van der Waals surface area contributed by atoms with Crippen LogP contribution in [0.4, 0.5) is 0 Å². The fourth-order valence-corrected chi connectivity index (χ4v) is 1.27. The molecule has 1 aliphatic heterocycles. The van der Waals surface area contributed by atoms with Crippen LogP contribution in [0.5, 0.6) is 0 Å². The van der Waals surface area contributed by atoms with Gasteiger partial charge in [0, 0.05) is 5.75 Å². The molecule has 10 heavy (non-hydrogen) atoms. The molecule has 0 atom stereocenters. The molecule has 1 aliphatic rings. The van der Waals surface area contributed by atoms with Gasteiger partial charge in [-0.15, -0.1) is 6.42 Å². The predicted octanol–water partition coefficient (Wildman–Crippen LogP) is -0.161. The Balaban J connectivity index is 2.40. The second-order valence-electron chi connectivity index (χ2n) is 1.63. The largest absolute Gasteiger partial charge is 0.301 e. The van der Waals surface area contributed by atoms with Gasteiger partial charge in [0.2, 0.25) is 0 Å². The first-order chi connectivity index (χ1) is 4.83. The van der Waals surface area contributed by atoms with Gasteiger partial charge in [-0.2, -0.15) is 0 Å². The fraction of sp³-hybridized carbons (Fsp3) is 0.333. The molecule has 0 spiro atoms. The molecule has 0 aromatic carbocycles. The third-order valence-electron chi connectivity index (χ3n) is 0.937. The van der Waals surface area contributed by atoms with Crippen LogP contribution in [-0.2, 0) is 4.79 Å². The lowest BCUT2D eigenvalue weighted by Crippen LogP contribution is -2.25. The number of nitrogens with zero attached hydrogens (tertiary/aromatic N) is 1. The van der Waals surface area contributed by atoms with Crippen molar-refractivity contribution in [2.75, 3.05) is 12.3 Å². The summed E-state index contributed by atoms with van der Waals surface area (Å²) in [6.07, 6.45) is 4.82. The van der Waals surface area contributed by atoms with Gasteiger partial charge in [-0.25, -0.2) is 0 Å². The Morgan fingerprint density at radius 2 is 2.70 bits per heavy atom. The zero-order valence-corrected chi connectivity index (χ0v) is 6.07. The molecule has 1 heterocycles. The number of carbonyl (C=O) groups excluding carboxylic acids is 1. The summed E-state index contributed by atoms with van der Waals surface area (Å²) in [5.41, 5.74) is 0. The van der Waals surface area contributed by atoms with E-state index in [-0.39, 0.29) is 0 Å². The second-order valence-corrected chi connectivity index (χ2v) is 2.72. The first-order valence-corrected chi connectivity index (χ1v) is 3.76. The third-order valence-corrected chi connectivity index (χ3v) is 1.83. The van der Waals surface area contributed by atoms with E-state index in [9.17, 15) is 4.79 Å². The van der Waals surface area contributed by atoms with Gasteiger partial charge in [-0.3, -0.25) is 15.1 Å². The summed E-state index contributed by atoms with van der Waals surface area (Å²) in [5.74, 6) is 2.46. The lowest BCUT2D eigenvalue weighted by molar-refractivity contribution is -0.114. The van der Waals surface area contributed by atoms with Crippen molar-refractivity contribution in [2.45, 2.75) is 0 Å². The van der Waals surface area contributed by atoms with Gasteiger partial charge in [0.05, 0.1) is 6.54 Å². The maximum absolute atomic E-state index is 10.5. The molecule has 0 aliphatic carbocycles. The Morgan fingerprint density at radius 1 is 1.90 bits per heavy atom. The molecular weight excluding hydrogens is 148 g/mol. The Labute approximate surface area is 63.3 Å². The first-order valence-electron chi connectivity index (χ1n) is 2.78. The normalized spacial score (nSPS) is 15.7. The number of carbonyl (C=O) groups is 1. The molecule has 0 bridgehead atoms. The highest BCUT2D eigenvalue weighted by atomic mass is 32.2. The number of nitrogens with one attached hydrogen (secondary N) is 1. The van der Waals surface area contributed by atoms with E-state index in [0.29, 0.717) is 5.17 Å². The van der Waals surface area contributed by atoms with Crippen LogP contribution < -0.4 is 5.32 Å². The number of amidine groups is 1. The Morgan fingerprint density at radius 3 is 3.20 bits per heavy atom. The first kappa shape index (κ1) is 7.16. The van der Waals surface area contributed by atoms with Crippen molar-refractivity contribution < 1.29 is 4.79 Å². The molecule has 3 nitrogen and oxygen atoms in total. The Bertz CT molecular complexity index is 216. The zero-order chi connectivity index (χ0) is 7.40. The van der Waals surface area contributed by atoms with Crippen molar-refractivity contribution >= 4 is 22.8 Å².